The number of aromatic nitrogens is 2. The number of thioether (sulfide) groups is 1. The first-order chi connectivity index (χ1) is 8.15. The summed E-state index contributed by atoms with van der Waals surface area (Å²) in [7, 11) is 0. The minimum atomic E-state index is -0.900. The molecule has 0 unspecified atom stereocenters. The summed E-state index contributed by atoms with van der Waals surface area (Å²) in [5.41, 5.74) is 0. The molecule has 1 aromatic heterocycles. The van der Waals surface area contributed by atoms with Crippen molar-refractivity contribution in [2.45, 2.75) is 17.9 Å². The number of carbonyl (C=O) groups excluding carboxylic acids is 1. The molecule has 1 saturated carbocycles. The number of carbonyl (C=O) groups is 2. The third kappa shape index (κ3) is 3.70. The summed E-state index contributed by atoms with van der Waals surface area (Å²) in [5, 5.41) is 19.3. The number of hydrogen-bond acceptors (Lipinski definition) is 5. The average Bonchev–Trinajstić information content (AvgIpc) is 3.12. The summed E-state index contributed by atoms with van der Waals surface area (Å²) in [6.07, 6.45) is 1.87. The topological polar surface area (TPSA) is 92.2 Å². The fraction of sp³-hybridized carbons (Fsp3) is 0.400. The van der Waals surface area contributed by atoms with Crippen molar-refractivity contribution in [1.82, 2.24) is 10.2 Å². The van der Waals surface area contributed by atoms with Crippen LogP contribution in [0.2, 0.25) is 0 Å². The molecule has 0 radical (unpaired) electrons. The van der Waals surface area contributed by atoms with Gasteiger partial charge in [-0.1, -0.05) is 11.8 Å². The molecule has 0 saturated heterocycles. The van der Waals surface area contributed by atoms with E-state index in [-0.39, 0.29) is 17.6 Å². The van der Waals surface area contributed by atoms with Gasteiger partial charge in [0.15, 0.2) is 5.82 Å². The van der Waals surface area contributed by atoms with Crippen LogP contribution in [0.15, 0.2) is 17.2 Å². The van der Waals surface area contributed by atoms with Crippen molar-refractivity contribution >= 4 is 29.5 Å². The van der Waals surface area contributed by atoms with Crippen molar-refractivity contribution < 1.29 is 14.7 Å². The molecular weight excluding hydrogens is 242 g/mol. The summed E-state index contributed by atoms with van der Waals surface area (Å²) in [4.78, 5) is 21.8. The van der Waals surface area contributed by atoms with E-state index in [0.29, 0.717) is 10.8 Å². The van der Waals surface area contributed by atoms with Crippen molar-refractivity contribution in [3.05, 3.63) is 12.1 Å². The lowest BCUT2D eigenvalue weighted by Crippen LogP contribution is -2.14. The van der Waals surface area contributed by atoms with E-state index in [1.54, 1.807) is 12.1 Å². The van der Waals surface area contributed by atoms with Gasteiger partial charge in [0.1, 0.15) is 5.03 Å². The van der Waals surface area contributed by atoms with Gasteiger partial charge < -0.3 is 10.4 Å². The van der Waals surface area contributed by atoms with E-state index in [1.165, 1.54) is 0 Å². The highest BCUT2D eigenvalue weighted by Gasteiger charge is 2.29. The van der Waals surface area contributed by atoms with Crippen LogP contribution in [0.25, 0.3) is 0 Å². The van der Waals surface area contributed by atoms with Gasteiger partial charge in [0.2, 0.25) is 5.91 Å². The third-order valence-electron chi connectivity index (χ3n) is 2.18. The highest BCUT2D eigenvalue weighted by atomic mass is 32.2. The number of hydrogen-bond donors (Lipinski definition) is 2. The molecule has 1 fully saturated rings. The number of aliphatic carboxylic acids is 1. The van der Waals surface area contributed by atoms with Gasteiger partial charge in [0.25, 0.3) is 0 Å². The molecule has 6 nitrogen and oxygen atoms in total. The lowest BCUT2D eigenvalue weighted by atomic mass is 10.4. The Kier molecular flexibility index (Phi) is 3.58. The Balaban J connectivity index is 1.88. The lowest BCUT2D eigenvalue weighted by molar-refractivity contribution is -0.133. The zero-order valence-corrected chi connectivity index (χ0v) is 9.74. The minimum absolute atomic E-state index is 0.0229. The van der Waals surface area contributed by atoms with Gasteiger partial charge in [0, 0.05) is 5.92 Å². The Hall–Kier alpha value is -1.63. The van der Waals surface area contributed by atoms with Crippen LogP contribution >= 0.6 is 11.8 Å². The van der Waals surface area contributed by atoms with Crippen molar-refractivity contribution in [1.29, 1.82) is 0 Å². The number of carboxylic acids is 1. The SMILES string of the molecule is O=C(O)CSc1ccc(NC(=O)C2CC2)nn1. The van der Waals surface area contributed by atoms with Gasteiger partial charge in [-0.25, -0.2) is 0 Å². The maximum absolute atomic E-state index is 11.4. The third-order valence-corrected chi connectivity index (χ3v) is 3.09. The van der Waals surface area contributed by atoms with Crippen LogP contribution in [-0.4, -0.2) is 32.9 Å². The predicted molar refractivity (Wildman–Crippen MR) is 61.7 cm³/mol. The largest absolute Gasteiger partial charge is 0.481 e. The normalized spacial score (nSPS) is 14.4. The Morgan fingerprint density at radius 3 is 2.71 bits per heavy atom. The number of carboxylic acid groups (broad SMARTS) is 1. The molecule has 90 valence electrons. The molecule has 17 heavy (non-hydrogen) atoms. The highest BCUT2D eigenvalue weighted by molar-refractivity contribution is 7.99. The lowest BCUT2D eigenvalue weighted by Gasteiger charge is -2.02. The zero-order valence-electron chi connectivity index (χ0n) is 8.92. The number of nitrogens with zero attached hydrogens (tertiary/aromatic N) is 2. The van der Waals surface area contributed by atoms with E-state index < -0.39 is 5.97 Å². The number of anilines is 1. The van der Waals surface area contributed by atoms with E-state index in [4.69, 9.17) is 5.11 Å². The fourth-order valence-electron chi connectivity index (χ4n) is 1.17. The number of rotatable bonds is 5. The molecule has 1 aromatic rings. The van der Waals surface area contributed by atoms with Crippen LogP contribution in [0.4, 0.5) is 5.82 Å². The molecule has 0 aliphatic heterocycles. The first kappa shape index (κ1) is 11.8. The molecule has 2 rings (SSSR count). The van der Waals surface area contributed by atoms with Gasteiger partial charge in [-0.2, -0.15) is 0 Å². The first-order valence-electron chi connectivity index (χ1n) is 5.14. The summed E-state index contributed by atoms with van der Waals surface area (Å²) in [5.74, 6) is -0.449. The maximum Gasteiger partial charge on any atom is 0.313 e. The van der Waals surface area contributed by atoms with Crippen LogP contribution in [0, 0.1) is 5.92 Å². The van der Waals surface area contributed by atoms with E-state index in [2.05, 4.69) is 15.5 Å². The van der Waals surface area contributed by atoms with Gasteiger partial charge in [0.05, 0.1) is 5.75 Å². The molecule has 1 heterocycles. The molecule has 7 heteroatoms. The fourth-order valence-corrected chi connectivity index (χ4v) is 1.71. The molecule has 1 amide bonds. The van der Waals surface area contributed by atoms with Crippen molar-refractivity contribution in [2.24, 2.45) is 5.92 Å². The standard InChI is InChI=1S/C10H11N3O3S/c14-9(15)5-17-8-4-3-7(12-13-8)11-10(16)6-1-2-6/h3-4,6H,1-2,5H2,(H,14,15)(H,11,12,16). The molecule has 0 aromatic carbocycles. The summed E-state index contributed by atoms with van der Waals surface area (Å²) in [6.45, 7) is 0. The Morgan fingerprint density at radius 1 is 1.41 bits per heavy atom. The van der Waals surface area contributed by atoms with Crippen molar-refractivity contribution in [2.75, 3.05) is 11.1 Å². The van der Waals surface area contributed by atoms with Crippen LogP contribution in [-0.2, 0) is 9.59 Å². The van der Waals surface area contributed by atoms with Crippen LogP contribution in [0.5, 0.6) is 0 Å². The minimum Gasteiger partial charge on any atom is -0.481 e. The van der Waals surface area contributed by atoms with Crippen LogP contribution < -0.4 is 5.32 Å². The van der Waals surface area contributed by atoms with Crippen molar-refractivity contribution in [3.63, 3.8) is 0 Å². The zero-order chi connectivity index (χ0) is 12.3. The molecule has 0 spiro atoms. The van der Waals surface area contributed by atoms with Gasteiger partial charge in [-0.15, -0.1) is 10.2 Å². The first-order valence-corrected chi connectivity index (χ1v) is 6.13. The molecule has 1 aliphatic rings. The van der Waals surface area contributed by atoms with Gasteiger partial charge in [-0.3, -0.25) is 9.59 Å². The molecule has 1 aliphatic carbocycles. The Morgan fingerprint density at radius 2 is 2.18 bits per heavy atom. The molecule has 0 bridgehead atoms. The van der Waals surface area contributed by atoms with Gasteiger partial charge >= 0.3 is 5.97 Å². The molecule has 0 atom stereocenters. The second kappa shape index (κ2) is 5.13. The number of nitrogens with one attached hydrogen (secondary N) is 1. The second-order valence-electron chi connectivity index (χ2n) is 3.70. The van der Waals surface area contributed by atoms with Crippen LogP contribution in [0.1, 0.15) is 12.8 Å². The maximum atomic E-state index is 11.4. The molecule has 2 N–H and O–H groups in total. The second-order valence-corrected chi connectivity index (χ2v) is 4.70. The summed E-state index contributed by atoms with van der Waals surface area (Å²) < 4.78 is 0. The van der Waals surface area contributed by atoms with E-state index >= 15 is 0 Å². The number of amides is 1. The quantitative estimate of drug-likeness (QED) is 0.760. The Bertz CT molecular complexity index is 431. The molecular formula is C10H11N3O3S. The van der Waals surface area contributed by atoms with Gasteiger partial charge in [-0.05, 0) is 25.0 Å². The monoisotopic (exact) mass is 253 g/mol. The van der Waals surface area contributed by atoms with Crippen molar-refractivity contribution in [3.8, 4) is 0 Å². The van der Waals surface area contributed by atoms with E-state index in [9.17, 15) is 9.59 Å². The van der Waals surface area contributed by atoms with E-state index in [1.807, 2.05) is 0 Å². The highest BCUT2D eigenvalue weighted by Crippen LogP contribution is 2.29. The predicted octanol–water partition coefficient (Wildman–Crippen LogP) is 1.00. The average molecular weight is 253 g/mol. The summed E-state index contributed by atoms with van der Waals surface area (Å²) in [6, 6.07) is 3.26. The smallest absolute Gasteiger partial charge is 0.313 e. The summed E-state index contributed by atoms with van der Waals surface area (Å²) >= 11 is 1.09. The van der Waals surface area contributed by atoms with Crippen LogP contribution in [0.3, 0.4) is 0 Å². The Labute approximate surface area is 102 Å². The van der Waals surface area contributed by atoms with E-state index in [0.717, 1.165) is 24.6 Å².